The Balaban J connectivity index is 2.29. The summed E-state index contributed by atoms with van der Waals surface area (Å²) >= 11 is 0. The topological polar surface area (TPSA) is 35.8 Å². The molecule has 0 bridgehead atoms. The Morgan fingerprint density at radius 2 is 2.08 bits per heavy atom. The lowest BCUT2D eigenvalue weighted by molar-refractivity contribution is 0.282. The van der Waals surface area contributed by atoms with Gasteiger partial charge in [0.05, 0.1) is 5.71 Å². The van der Waals surface area contributed by atoms with E-state index in [1.165, 1.54) is 5.57 Å². The Hall–Kier alpha value is -0.830. The van der Waals surface area contributed by atoms with E-state index < -0.39 is 0 Å². The molecule has 1 fully saturated rings. The van der Waals surface area contributed by atoms with Crippen molar-refractivity contribution >= 4 is 5.71 Å². The molecule has 0 spiro atoms. The molecule has 1 heterocycles. The van der Waals surface area contributed by atoms with E-state index in [2.05, 4.69) is 30.0 Å². The molecule has 74 valence electrons. The second kappa shape index (κ2) is 5.02. The van der Waals surface area contributed by atoms with Crippen molar-refractivity contribution in [3.05, 3.63) is 11.6 Å². The maximum absolute atomic E-state index is 8.55. The molecule has 0 radical (unpaired) electrons. The molecule has 0 aromatic heterocycles. The monoisotopic (exact) mass is 182 g/mol. The molecule has 0 unspecified atom stereocenters. The predicted octanol–water partition coefficient (Wildman–Crippen LogP) is 1.88. The number of allylic oxidation sites excluding steroid dienone is 1. The third kappa shape index (κ3) is 3.59. The fraction of sp³-hybridized carbons (Fsp3) is 0.700. The molecule has 3 nitrogen and oxygen atoms in total. The van der Waals surface area contributed by atoms with Crippen LogP contribution in [0.25, 0.3) is 0 Å². The van der Waals surface area contributed by atoms with Crippen molar-refractivity contribution in [3.63, 3.8) is 0 Å². The second-order valence-electron chi connectivity index (χ2n) is 3.75. The van der Waals surface area contributed by atoms with Gasteiger partial charge in [0.1, 0.15) is 0 Å². The van der Waals surface area contributed by atoms with Gasteiger partial charge in [0, 0.05) is 32.5 Å². The van der Waals surface area contributed by atoms with Gasteiger partial charge in [-0.15, -0.1) is 0 Å². The van der Waals surface area contributed by atoms with Crippen LogP contribution in [-0.4, -0.2) is 35.5 Å². The van der Waals surface area contributed by atoms with Crippen LogP contribution in [0.5, 0.6) is 0 Å². The molecule has 0 atom stereocenters. The van der Waals surface area contributed by atoms with E-state index in [1.54, 1.807) is 0 Å². The fourth-order valence-corrected chi connectivity index (χ4v) is 1.41. The van der Waals surface area contributed by atoms with Crippen molar-refractivity contribution < 1.29 is 5.21 Å². The van der Waals surface area contributed by atoms with Crippen LogP contribution in [0.3, 0.4) is 0 Å². The Labute approximate surface area is 79.7 Å². The second-order valence-corrected chi connectivity index (χ2v) is 3.75. The lowest BCUT2D eigenvalue weighted by Gasteiger charge is -2.25. The highest BCUT2D eigenvalue weighted by Gasteiger charge is 2.13. The molecular weight excluding hydrogens is 164 g/mol. The SMILES string of the molecule is CC(C)=CCN1CCC(=NO)CC1. The zero-order chi connectivity index (χ0) is 9.68. The van der Waals surface area contributed by atoms with Crippen molar-refractivity contribution in [1.82, 2.24) is 4.90 Å². The van der Waals surface area contributed by atoms with Gasteiger partial charge in [-0.2, -0.15) is 0 Å². The quantitative estimate of drug-likeness (QED) is 0.402. The third-order valence-corrected chi connectivity index (χ3v) is 2.33. The Bertz CT molecular complexity index is 207. The molecule has 0 amide bonds. The lowest BCUT2D eigenvalue weighted by atomic mass is 10.1. The minimum Gasteiger partial charge on any atom is -0.411 e. The summed E-state index contributed by atoms with van der Waals surface area (Å²) in [5.74, 6) is 0. The highest BCUT2D eigenvalue weighted by Crippen LogP contribution is 2.07. The van der Waals surface area contributed by atoms with Gasteiger partial charge in [0.2, 0.25) is 0 Å². The van der Waals surface area contributed by atoms with Crippen LogP contribution in [0.4, 0.5) is 0 Å². The number of rotatable bonds is 2. The van der Waals surface area contributed by atoms with Gasteiger partial charge < -0.3 is 5.21 Å². The number of piperidine rings is 1. The van der Waals surface area contributed by atoms with Crippen molar-refractivity contribution in [1.29, 1.82) is 0 Å². The summed E-state index contributed by atoms with van der Waals surface area (Å²) < 4.78 is 0. The summed E-state index contributed by atoms with van der Waals surface area (Å²) in [5, 5.41) is 11.8. The van der Waals surface area contributed by atoms with Crippen molar-refractivity contribution in [2.24, 2.45) is 5.16 Å². The maximum Gasteiger partial charge on any atom is 0.0596 e. The fourth-order valence-electron chi connectivity index (χ4n) is 1.41. The molecule has 0 aromatic carbocycles. The minimum absolute atomic E-state index is 0.910. The highest BCUT2D eigenvalue weighted by molar-refractivity contribution is 5.84. The van der Waals surface area contributed by atoms with E-state index in [0.717, 1.165) is 38.2 Å². The van der Waals surface area contributed by atoms with Crippen LogP contribution >= 0.6 is 0 Å². The Kier molecular flexibility index (Phi) is 3.96. The summed E-state index contributed by atoms with van der Waals surface area (Å²) in [5.41, 5.74) is 2.30. The standard InChI is InChI=1S/C10H18N2O/c1-9(2)3-6-12-7-4-10(11-13)5-8-12/h3,13H,4-8H2,1-2H3. The number of hydrogen-bond donors (Lipinski definition) is 1. The van der Waals surface area contributed by atoms with Crippen LogP contribution in [0.15, 0.2) is 16.8 Å². The van der Waals surface area contributed by atoms with Gasteiger partial charge in [-0.1, -0.05) is 16.8 Å². The molecule has 3 heteroatoms. The molecule has 1 aliphatic rings. The molecule has 0 aliphatic carbocycles. The van der Waals surface area contributed by atoms with Crippen LogP contribution in [0, 0.1) is 0 Å². The van der Waals surface area contributed by atoms with Gasteiger partial charge in [0.15, 0.2) is 0 Å². The van der Waals surface area contributed by atoms with Crippen LogP contribution in [0.2, 0.25) is 0 Å². The Morgan fingerprint density at radius 1 is 1.46 bits per heavy atom. The molecule has 1 aliphatic heterocycles. The summed E-state index contributed by atoms with van der Waals surface area (Å²) in [7, 11) is 0. The maximum atomic E-state index is 8.55. The van der Waals surface area contributed by atoms with Gasteiger partial charge in [-0.05, 0) is 13.8 Å². The van der Waals surface area contributed by atoms with Gasteiger partial charge >= 0.3 is 0 Å². The Morgan fingerprint density at radius 3 is 2.54 bits per heavy atom. The average molecular weight is 182 g/mol. The zero-order valence-electron chi connectivity index (χ0n) is 8.45. The molecule has 1 saturated heterocycles. The largest absolute Gasteiger partial charge is 0.411 e. The minimum atomic E-state index is 0.910. The molecule has 1 N–H and O–H groups in total. The summed E-state index contributed by atoms with van der Waals surface area (Å²) in [4.78, 5) is 2.38. The van der Waals surface area contributed by atoms with E-state index in [-0.39, 0.29) is 0 Å². The molecule has 1 rings (SSSR count). The smallest absolute Gasteiger partial charge is 0.0596 e. The molecule has 0 saturated carbocycles. The molecule has 0 aromatic rings. The first-order valence-corrected chi connectivity index (χ1v) is 4.78. The first kappa shape index (κ1) is 10.3. The lowest BCUT2D eigenvalue weighted by Crippen LogP contribution is -2.34. The van der Waals surface area contributed by atoms with Crippen LogP contribution in [-0.2, 0) is 0 Å². The van der Waals surface area contributed by atoms with E-state index in [0.29, 0.717) is 0 Å². The predicted molar refractivity (Wildman–Crippen MR) is 54.3 cm³/mol. The number of hydrogen-bond acceptors (Lipinski definition) is 3. The van der Waals surface area contributed by atoms with Crippen LogP contribution in [0.1, 0.15) is 26.7 Å². The number of nitrogens with zero attached hydrogens (tertiary/aromatic N) is 2. The van der Waals surface area contributed by atoms with Gasteiger partial charge in [0.25, 0.3) is 0 Å². The highest BCUT2D eigenvalue weighted by atomic mass is 16.4. The third-order valence-electron chi connectivity index (χ3n) is 2.33. The van der Waals surface area contributed by atoms with E-state index in [9.17, 15) is 0 Å². The molecular formula is C10H18N2O. The van der Waals surface area contributed by atoms with Crippen molar-refractivity contribution in [2.75, 3.05) is 19.6 Å². The number of oxime groups is 1. The van der Waals surface area contributed by atoms with Crippen molar-refractivity contribution in [3.8, 4) is 0 Å². The average Bonchev–Trinajstić information content (AvgIpc) is 2.15. The number of likely N-dealkylation sites (tertiary alicyclic amines) is 1. The summed E-state index contributed by atoms with van der Waals surface area (Å²) in [6.07, 6.45) is 4.06. The normalized spacial score (nSPS) is 18.5. The summed E-state index contributed by atoms with van der Waals surface area (Å²) in [6, 6.07) is 0. The zero-order valence-corrected chi connectivity index (χ0v) is 8.45. The van der Waals surface area contributed by atoms with Gasteiger partial charge in [-0.25, -0.2) is 0 Å². The first-order valence-electron chi connectivity index (χ1n) is 4.78. The van der Waals surface area contributed by atoms with E-state index >= 15 is 0 Å². The molecule has 13 heavy (non-hydrogen) atoms. The van der Waals surface area contributed by atoms with Crippen LogP contribution < -0.4 is 0 Å². The summed E-state index contributed by atoms with van der Waals surface area (Å²) in [6.45, 7) is 7.29. The van der Waals surface area contributed by atoms with Gasteiger partial charge in [-0.3, -0.25) is 4.90 Å². The van der Waals surface area contributed by atoms with Crippen molar-refractivity contribution in [2.45, 2.75) is 26.7 Å². The van der Waals surface area contributed by atoms with E-state index in [1.807, 2.05) is 0 Å². The first-order chi connectivity index (χ1) is 6.22. The van der Waals surface area contributed by atoms with E-state index in [4.69, 9.17) is 5.21 Å².